The van der Waals surface area contributed by atoms with Gasteiger partial charge in [0.15, 0.2) is 0 Å². The molecule has 0 heterocycles. The van der Waals surface area contributed by atoms with E-state index < -0.39 is 5.97 Å². The Kier molecular flexibility index (Phi) is 5.63. The first-order chi connectivity index (χ1) is 9.70. The number of unbranched alkanes of at least 4 members (excludes halogenated alkanes) is 5. The summed E-state index contributed by atoms with van der Waals surface area (Å²) in [7, 11) is 0. The Hall–Kier alpha value is -1.31. The topological polar surface area (TPSA) is 37.3 Å². The molecule has 1 aliphatic rings. The molecule has 110 valence electrons. The molecule has 0 amide bonds. The van der Waals surface area contributed by atoms with E-state index in [1.54, 1.807) is 6.07 Å². The molecule has 0 spiro atoms. The third-order valence-corrected chi connectivity index (χ3v) is 4.44. The summed E-state index contributed by atoms with van der Waals surface area (Å²) >= 11 is 0. The van der Waals surface area contributed by atoms with Crippen molar-refractivity contribution in [2.45, 2.75) is 64.7 Å². The first-order valence-corrected chi connectivity index (χ1v) is 8.05. The average Bonchev–Trinajstić information content (AvgIpc) is 2.84. The summed E-state index contributed by atoms with van der Waals surface area (Å²) < 4.78 is 0. The molecule has 0 bridgehead atoms. The van der Waals surface area contributed by atoms with Crippen LogP contribution in [0.4, 0.5) is 0 Å². The number of carbonyl (C=O) groups is 1. The minimum atomic E-state index is -0.813. The number of benzene rings is 1. The van der Waals surface area contributed by atoms with Gasteiger partial charge in [-0.2, -0.15) is 0 Å². The van der Waals surface area contributed by atoms with Crippen molar-refractivity contribution in [3.8, 4) is 0 Å². The zero-order chi connectivity index (χ0) is 14.4. The molecule has 2 nitrogen and oxygen atoms in total. The highest BCUT2D eigenvalue weighted by atomic mass is 16.4. The predicted molar refractivity (Wildman–Crippen MR) is 82.3 cm³/mol. The molecule has 1 aromatic rings. The number of rotatable bonds is 8. The molecule has 1 atom stereocenters. The Labute approximate surface area is 122 Å². The number of aromatic carboxylic acids is 1. The fourth-order valence-electron chi connectivity index (χ4n) is 3.26. The summed E-state index contributed by atoms with van der Waals surface area (Å²) in [5, 5.41) is 9.03. The second kappa shape index (κ2) is 7.47. The lowest BCUT2D eigenvalue weighted by Crippen LogP contribution is -1.99. The number of fused-ring (bicyclic) bond motifs is 1. The molecular formula is C18H26O2. The third-order valence-electron chi connectivity index (χ3n) is 4.44. The second-order valence-electron chi connectivity index (χ2n) is 6.12. The van der Waals surface area contributed by atoms with Gasteiger partial charge in [0.2, 0.25) is 0 Å². The summed E-state index contributed by atoms with van der Waals surface area (Å²) in [6.07, 6.45) is 11.6. The maximum absolute atomic E-state index is 11.0. The largest absolute Gasteiger partial charge is 0.478 e. The third kappa shape index (κ3) is 4.09. The summed E-state index contributed by atoms with van der Waals surface area (Å²) in [6, 6.07) is 5.63. The zero-order valence-corrected chi connectivity index (χ0v) is 12.5. The van der Waals surface area contributed by atoms with Crippen molar-refractivity contribution < 1.29 is 9.90 Å². The number of hydrogen-bond acceptors (Lipinski definition) is 1. The number of hydrogen-bond donors (Lipinski definition) is 1. The van der Waals surface area contributed by atoms with Crippen LogP contribution in [0.3, 0.4) is 0 Å². The molecule has 2 heteroatoms. The van der Waals surface area contributed by atoms with E-state index in [-0.39, 0.29) is 0 Å². The molecule has 0 radical (unpaired) electrons. The standard InChI is InChI=1S/C18H26O2/c1-2-3-4-5-6-7-8-14-11-15-9-10-16(18(19)20)13-17(15)12-14/h9-10,13-14H,2-8,11-12H2,1H3,(H,19,20). The lowest BCUT2D eigenvalue weighted by atomic mass is 9.97. The van der Waals surface area contributed by atoms with Gasteiger partial charge < -0.3 is 5.11 Å². The van der Waals surface area contributed by atoms with Crippen molar-refractivity contribution in [3.05, 3.63) is 34.9 Å². The highest BCUT2D eigenvalue weighted by Gasteiger charge is 2.21. The number of carboxylic acid groups (broad SMARTS) is 1. The van der Waals surface area contributed by atoms with Gasteiger partial charge in [0.1, 0.15) is 0 Å². The van der Waals surface area contributed by atoms with E-state index in [2.05, 4.69) is 6.92 Å². The Morgan fingerprint density at radius 1 is 1.10 bits per heavy atom. The Bertz CT molecular complexity index is 451. The van der Waals surface area contributed by atoms with Gasteiger partial charge in [0.05, 0.1) is 5.56 Å². The van der Waals surface area contributed by atoms with Crippen LogP contribution in [0.25, 0.3) is 0 Å². The predicted octanol–water partition coefficient (Wildman–Crippen LogP) is 4.85. The van der Waals surface area contributed by atoms with Crippen molar-refractivity contribution in [1.82, 2.24) is 0 Å². The normalized spacial score (nSPS) is 17.1. The lowest BCUT2D eigenvalue weighted by molar-refractivity contribution is 0.0697. The van der Waals surface area contributed by atoms with Crippen molar-refractivity contribution in [1.29, 1.82) is 0 Å². The van der Waals surface area contributed by atoms with E-state index in [9.17, 15) is 4.79 Å². The van der Waals surface area contributed by atoms with Crippen molar-refractivity contribution in [3.63, 3.8) is 0 Å². The van der Waals surface area contributed by atoms with Crippen molar-refractivity contribution in [2.75, 3.05) is 0 Å². The van der Waals surface area contributed by atoms with Crippen LogP contribution in [0.1, 0.15) is 73.4 Å². The fourth-order valence-corrected chi connectivity index (χ4v) is 3.26. The minimum absolute atomic E-state index is 0.434. The Morgan fingerprint density at radius 2 is 1.80 bits per heavy atom. The van der Waals surface area contributed by atoms with Crippen LogP contribution >= 0.6 is 0 Å². The molecule has 0 saturated carbocycles. The van der Waals surface area contributed by atoms with Gasteiger partial charge in [-0.05, 0) is 48.4 Å². The highest BCUT2D eigenvalue weighted by molar-refractivity contribution is 5.88. The molecule has 0 saturated heterocycles. The summed E-state index contributed by atoms with van der Waals surface area (Å²) in [6.45, 7) is 2.25. The molecular weight excluding hydrogens is 248 g/mol. The average molecular weight is 274 g/mol. The zero-order valence-electron chi connectivity index (χ0n) is 12.5. The first-order valence-electron chi connectivity index (χ1n) is 8.05. The molecule has 0 fully saturated rings. The maximum atomic E-state index is 11.0. The minimum Gasteiger partial charge on any atom is -0.478 e. The molecule has 1 N–H and O–H groups in total. The Balaban J connectivity index is 1.74. The molecule has 20 heavy (non-hydrogen) atoms. The molecule has 1 unspecified atom stereocenters. The van der Waals surface area contributed by atoms with Gasteiger partial charge in [-0.25, -0.2) is 4.79 Å². The lowest BCUT2D eigenvalue weighted by Gasteiger charge is -2.08. The molecule has 2 rings (SSSR count). The van der Waals surface area contributed by atoms with E-state index in [0.29, 0.717) is 5.56 Å². The highest BCUT2D eigenvalue weighted by Crippen LogP contribution is 2.31. The Morgan fingerprint density at radius 3 is 2.55 bits per heavy atom. The van der Waals surface area contributed by atoms with E-state index >= 15 is 0 Å². The molecule has 1 aliphatic carbocycles. The van der Waals surface area contributed by atoms with Crippen LogP contribution in [-0.4, -0.2) is 11.1 Å². The number of carboxylic acids is 1. The summed E-state index contributed by atoms with van der Waals surface area (Å²) in [4.78, 5) is 11.0. The second-order valence-corrected chi connectivity index (χ2v) is 6.12. The van der Waals surface area contributed by atoms with Crippen LogP contribution in [0.2, 0.25) is 0 Å². The van der Waals surface area contributed by atoms with Crippen LogP contribution in [-0.2, 0) is 12.8 Å². The van der Waals surface area contributed by atoms with E-state index in [1.807, 2.05) is 12.1 Å². The van der Waals surface area contributed by atoms with Gasteiger partial charge in [-0.15, -0.1) is 0 Å². The van der Waals surface area contributed by atoms with Crippen LogP contribution in [0, 0.1) is 5.92 Å². The summed E-state index contributed by atoms with van der Waals surface area (Å²) in [5.41, 5.74) is 3.07. The van der Waals surface area contributed by atoms with Crippen LogP contribution in [0.15, 0.2) is 18.2 Å². The van der Waals surface area contributed by atoms with Gasteiger partial charge in [-0.3, -0.25) is 0 Å². The van der Waals surface area contributed by atoms with E-state index in [4.69, 9.17) is 5.11 Å². The van der Waals surface area contributed by atoms with Gasteiger partial charge >= 0.3 is 5.97 Å². The van der Waals surface area contributed by atoms with Crippen LogP contribution in [0.5, 0.6) is 0 Å². The van der Waals surface area contributed by atoms with Gasteiger partial charge in [0, 0.05) is 0 Å². The van der Waals surface area contributed by atoms with Crippen LogP contribution < -0.4 is 0 Å². The molecule has 1 aromatic carbocycles. The van der Waals surface area contributed by atoms with E-state index in [1.165, 1.54) is 56.1 Å². The first kappa shape index (κ1) is 15.1. The van der Waals surface area contributed by atoms with Crippen molar-refractivity contribution >= 4 is 5.97 Å². The molecule has 0 aliphatic heterocycles. The van der Waals surface area contributed by atoms with Crippen molar-refractivity contribution in [2.24, 2.45) is 5.92 Å². The van der Waals surface area contributed by atoms with E-state index in [0.717, 1.165) is 18.8 Å². The maximum Gasteiger partial charge on any atom is 0.335 e. The SMILES string of the molecule is CCCCCCCCC1Cc2ccc(C(=O)O)cc2C1. The van der Waals surface area contributed by atoms with Gasteiger partial charge in [-0.1, -0.05) is 51.5 Å². The fraction of sp³-hybridized carbons (Fsp3) is 0.611. The summed E-state index contributed by atoms with van der Waals surface area (Å²) in [5.74, 6) is -0.0765. The van der Waals surface area contributed by atoms with Gasteiger partial charge in [0.25, 0.3) is 0 Å². The monoisotopic (exact) mass is 274 g/mol. The quantitative estimate of drug-likeness (QED) is 0.688. The molecule has 0 aromatic heterocycles. The smallest absolute Gasteiger partial charge is 0.335 e.